The van der Waals surface area contributed by atoms with Crippen molar-refractivity contribution in [1.82, 2.24) is 10.3 Å². The van der Waals surface area contributed by atoms with Crippen LogP contribution in [0.2, 0.25) is 0 Å². The van der Waals surface area contributed by atoms with Gasteiger partial charge in [0.25, 0.3) is 5.91 Å². The minimum Gasteiger partial charge on any atom is -0.493 e. The third-order valence-corrected chi connectivity index (χ3v) is 5.05. The molecule has 27 heavy (non-hydrogen) atoms. The number of hydrogen-bond acceptors (Lipinski definition) is 6. The van der Waals surface area contributed by atoms with Crippen LogP contribution in [0.15, 0.2) is 30.3 Å². The summed E-state index contributed by atoms with van der Waals surface area (Å²) in [4.78, 5) is 17.0. The average Bonchev–Trinajstić information content (AvgIpc) is 3.03. The summed E-state index contributed by atoms with van der Waals surface area (Å²) in [5.74, 6) is 0.678. The van der Waals surface area contributed by atoms with Crippen molar-refractivity contribution in [3.63, 3.8) is 0 Å². The zero-order chi connectivity index (χ0) is 19.6. The number of anilines is 1. The first kappa shape index (κ1) is 19.1. The fourth-order valence-electron chi connectivity index (χ4n) is 2.71. The summed E-state index contributed by atoms with van der Waals surface area (Å²) >= 11 is 6.74. The van der Waals surface area contributed by atoms with Gasteiger partial charge in [0.15, 0.2) is 21.7 Å². The number of aromatic nitrogens is 1. The molecule has 0 bridgehead atoms. The number of carbonyl (C=O) groups is 1. The molecule has 0 saturated heterocycles. The van der Waals surface area contributed by atoms with Crippen molar-refractivity contribution in [3.8, 4) is 11.5 Å². The lowest BCUT2D eigenvalue weighted by molar-refractivity contribution is 0.0977. The van der Waals surface area contributed by atoms with Gasteiger partial charge in [-0.05, 0) is 61.5 Å². The van der Waals surface area contributed by atoms with Crippen molar-refractivity contribution in [3.05, 3.63) is 47.0 Å². The molecule has 0 aliphatic rings. The number of carbonyl (C=O) groups excluding carboxylic acids is 1. The Hall–Kier alpha value is -2.71. The summed E-state index contributed by atoms with van der Waals surface area (Å²) < 4.78 is 11.5. The molecule has 0 saturated carbocycles. The molecule has 8 heteroatoms. The molecule has 1 heterocycles. The SMILES string of the molecule is COc1ccc(C(=O)NC(=S)Nc2nc3c(C)cc(C)cc3s2)cc1OC. The molecule has 2 N–H and O–H groups in total. The van der Waals surface area contributed by atoms with E-state index >= 15 is 0 Å². The molecule has 0 aliphatic heterocycles. The van der Waals surface area contributed by atoms with E-state index in [1.54, 1.807) is 18.2 Å². The number of amides is 1. The van der Waals surface area contributed by atoms with Gasteiger partial charge in [0.1, 0.15) is 0 Å². The molecule has 6 nitrogen and oxygen atoms in total. The lowest BCUT2D eigenvalue weighted by Gasteiger charge is -2.10. The number of nitrogens with zero attached hydrogens (tertiary/aromatic N) is 1. The third-order valence-electron chi connectivity index (χ3n) is 3.92. The number of rotatable bonds is 4. The maximum absolute atomic E-state index is 12.4. The predicted octanol–water partition coefficient (Wildman–Crippen LogP) is 4.06. The Bertz CT molecular complexity index is 1030. The number of benzene rings is 2. The fraction of sp³-hybridized carbons (Fsp3) is 0.211. The molecule has 140 valence electrons. The summed E-state index contributed by atoms with van der Waals surface area (Å²) in [7, 11) is 3.06. The topological polar surface area (TPSA) is 72.5 Å². The molecule has 0 unspecified atom stereocenters. The summed E-state index contributed by atoms with van der Waals surface area (Å²) in [6.07, 6.45) is 0. The van der Waals surface area contributed by atoms with Crippen molar-refractivity contribution in [1.29, 1.82) is 0 Å². The number of hydrogen-bond donors (Lipinski definition) is 2. The lowest BCUT2D eigenvalue weighted by atomic mass is 10.1. The lowest BCUT2D eigenvalue weighted by Crippen LogP contribution is -2.34. The Morgan fingerprint density at radius 2 is 1.85 bits per heavy atom. The zero-order valence-electron chi connectivity index (χ0n) is 15.4. The Balaban J connectivity index is 1.72. The van der Waals surface area contributed by atoms with Crippen LogP contribution in [0.1, 0.15) is 21.5 Å². The fourth-order valence-corrected chi connectivity index (χ4v) is 4.01. The molecule has 0 spiro atoms. The Morgan fingerprint density at radius 3 is 2.56 bits per heavy atom. The van der Waals surface area contributed by atoms with Crippen LogP contribution in [0.5, 0.6) is 11.5 Å². The molecular formula is C19H19N3O3S2. The van der Waals surface area contributed by atoms with Gasteiger partial charge in [-0.3, -0.25) is 10.1 Å². The molecular weight excluding hydrogens is 382 g/mol. The summed E-state index contributed by atoms with van der Waals surface area (Å²) in [6.45, 7) is 4.07. The van der Waals surface area contributed by atoms with E-state index in [2.05, 4.69) is 27.8 Å². The molecule has 1 amide bonds. The van der Waals surface area contributed by atoms with Gasteiger partial charge >= 0.3 is 0 Å². The van der Waals surface area contributed by atoms with E-state index < -0.39 is 0 Å². The van der Waals surface area contributed by atoms with Crippen LogP contribution in [0.3, 0.4) is 0 Å². The second-order valence-corrected chi connectivity index (χ2v) is 7.36. The molecule has 1 aromatic heterocycles. The molecule has 2 aromatic carbocycles. The van der Waals surface area contributed by atoms with Crippen molar-refractivity contribution < 1.29 is 14.3 Å². The standard InChI is InChI=1S/C19H19N3O3S2/c1-10-7-11(2)16-15(8-10)27-19(20-16)22-18(26)21-17(23)12-5-6-13(24-3)14(9-12)25-4/h5-9H,1-4H3,(H2,20,21,22,23,26). The van der Waals surface area contributed by atoms with E-state index in [1.807, 2.05) is 13.8 Å². The molecule has 3 rings (SSSR count). The van der Waals surface area contributed by atoms with Crippen molar-refractivity contribution in [2.75, 3.05) is 19.5 Å². The van der Waals surface area contributed by atoms with E-state index in [-0.39, 0.29) is 11.0 Å². The highest BCUT2D eigenvalue weighted by molar-refractivity contribution is 7.80. The summed E-state index contributed by atoms with van der Waals surface area (Å²) in [5.41, 5.74) is 3.63. The number of thiazole rings is 1. The predicted molar refractivity (Wildman–Crippen MR) is 112 cm³/mol. The maximum Gasteiger partial charge on any atom is 0.257 e. The number of thiocarbonyl (C=S) groups is 1. The normalized spacial score (nSPS) is 10.5. The second-order valence-electron chi connectivity index (χ2n) is 5.93. The van der Waals surface area contributed by atoms with E-state index in [0.29, 0.717) is 22.2 Å². The first-order chi connectivity index (χ1) is 12.9. The Morgan fingerprint density at radius 1 is 1.11 bits per heavy atom. The first-order valence-electron chi connectivity index (χ1n) is 8.13. The van der Waals surface area contributed by atoms with Gasteiger partial charge in [-0.1, -0.05) is 17.4 Å². The van der Waals surface area contributed by atoms with E-state index in [9.17, 15) is 4.79 Å². The van der Waals surface area contributed by atoms with Gasteiger partial charge in [-0.15, -0.1) is 0 Å². The van der Waals surface area contributed by atoms with Crippen molar-refractivity contribution in [2.45, 2.75) is 13.8 Å². The molecule has 3 aromatic rings. The highest BCUT2D eigenvalue weighted by atomic mass is 32.1. The van der Waals surface area contributed by atoms with Crippen LogP contribution in [0.4, 0.5) is 5.13 Å². The molecule has 0 radical (unpaired) electrons. The zero-order valence-corrected chi connectivity index (χ0v) is 17.0. The van der Waals surface area contributed by atoms with Crippen molar-refractivity contribution >= 4 is 49.9 Å². The van der Waals surface area contributed by atoms with Gasteiger partial charge in [0.2, 0.25) is 0 Å². The monoisotopic (exact) mass is 401 g/mol. The second kappa shape index (κ2) is 7.89. The number of ether oxygens (including phenoxy) is 2. The minimum absolute atomic E-state index is 0.184. The number of fused-ring (bicyclic) bond motifs is 1. The van der Waals surface area contributed by atoms with Gasteiger partial charge in [0.05, 0.1) is 24.4 Å². The summed E-state index contributed by atoms with van der Waals surface area (Å²) in [5, 5.41) is 6.46. The molecule has 0 fully saturated rings. The van der Waals surface area contributed by atoms with Gasteiger partial charge < -0.3 is 14.8 Å². The average molecular weight is 402 g/mol. The van der Waals surface area contributed by atoms with Gasteiger partial charge in [-0.25, -0.2) is 4.98 Å². The Labute approximate surface area is 166 Å². The van der Waals surface area contributed by atoms with Crippen LogP contribution >= 0.6 is 23.6 Å². The highest BCUT2D eigenvalue weighted by Gasteiger charge is 2.13. The van der Waals surface area contributed by atoms with Crippen LogP contribution in [0, 0.1) is 13.8 Å². The van der Waals surface area contributed by atoms with Crippen molar-refractivity contribution in [2.24, 2.45) is 0 Å². The largest absolute Gasteiger partial charge is 0.493 e. The van der Waals surface area contributed by atoms with Gasteiger partial charge in [0, 0.05) is 5.56 Å². The van der Waals surface area contributed by atoms with Gasteiger partial charge in [-0.2, -0.15) is 0 Å². The van der Waals surface area contributed by atoms with Crippen LogP contribution in [-0.2, 0) is 0 Å². The van der Waals surface area contributed by atoms with Crippen LogP contribution in [-0.4, -0.2) is 30.2 Å². The number of methoxy groups -OCH3 is 2. The Kier molecular flexibility index (Phi) is 5.57. The molecule has 0 aliphatic carbocycles. The van der Waals surface area contributed by atoms with E-state index in [4.69, 9.17) is 21.7 Å². The third kappa shape index (κ3) is 4.17. The maximum atomic E-state index is 12.4. The van der Waals surface area contributed by atoms with E-state index in [1.165, 1.54) is 31.1 Å². The minimum atomic E-state index is -0.346. The molecule has 0 atom stereocenters. The number of aryl methyl sites for hydroxylation is 2. The highest BCUT2D eigenvalue weighted by Crippen LogP contribution is 2.29. The van der Waals surface area contributed by atoms with Crippen LogP contribution < -0.4 is 20.1 Å². The quantitative estimate of drug-likeness (QED) is 0.643. The van der Waals surface area contributed by atoms with E-state index in [0.717, 1.165) is 15.8 Å². The number of nitrogens with one attached hydrogen (secondary N) is 2. The summed E-state index contributed by atoms with van der Waals surface area (Å²) in [6, 6.07) is 9.08. The smallest absolute Gasteiger partial charge is 0.257 e. The van der Waals surface area contributed by atoms with Crippen LogP contribution in [0.25, 0.3) is 10.2 Å². The first-order valence-corrected chi connectivity index (χ1v) is 9.36.